The molecule has 10 heteroatoms. The van der Waals surface area contributed by atoms with Gasteiger partial charge in [0.15, 0.2) is 5.82 Å². The van der Waals surface area contributed by atoms with Crippen molar-refractivity contribution in [2.75, 3.05) is 37.6 Å². The third kappa shape index (κ3) is 7.30. The molecule has 1 aliphatic heterocycles. The van der Waals surface area contributed by atoms with Gasteiger partial charge in [0, 0.05) is 35.6 Å². The number of halogens is 1. The van der Waals surface area contributed by atoms with Crippen LogP contribution in [-0.2, 0) is 22.3 Å². The van der Waals surface area contributed by atoms with Crippen molar-refractivity contribution in [2.45, 2.75) is 45.2 Å². The number of para-hydroxylation sites is 1. The number of likely N-dealkylation sites (tertiary alicyclic amines) is 1. The molecule has 4 rings (SSSR count). The predicted octanol–water partition coefficient (Wildman–Crippen LogP) is 6.22. The summed E-state index contributed by atoms with van der Waals surface area (Å²) in [5.74, 6) is 1.34. The Labute approximate surface area is 241 Å². The summed E-state index contributed by atoms with van der Waals surface area (Å²) >= 11 is 6.46. The lowest BCUT2D eigenvalue weighted by atomic mass is 10.00. The molecule has 40 heavy (non-hydrogen) atoms. The van der Waals surface area contributed by atoms with Crippen molar-refractivity contribution in [3.63, 3.8) is 0 Å². The van der Waals surface area contributed by atoms with E-state index in [1.54, 1.807) is 26.6 Å². The summed E-state index contributed by atoms with van der Waals surface area (Å²) in [4.78, 5) is 23.9. The summed E-state index contributed by atoms with van der Waals surface area (Å²) in [5, 5.41) is 7.28. The second-order valence-electron chi connectivity index (χ2n) is 10.5. The van der Waals surface area contributed by atoms with E-state index in [0.29, 0.717) is 58.1 Å². The number of aromatic nitrogens is 2. The number of methoxy groups -OCH3 is 1. The van der Waals surface area contributed by atoms with E-state index in [0.717, 1.165) is 30.5 Å². The van der Waals surface area contributed by atoms with Crippen molar-refractivity contribution in [3.05, 3.63) is 77.2 Å². The number of hydrogen-bond donors (Lipinski definition) is 2. The first-order chi connectivity index (χ1) is 19.1. The molecule has 1 saturated heterocycles. The molecule has 1 unspecified atom stereocenters. The maximum Gasteiger partial charge on any atom is 0.247 e. The number of piperidine rings is 1. The van der Waals surface area contributed by atoms with E-state index in [-0.39, 0.29) is 5.91 Å². The van der Waals surface area contributed by atoms with Gasteiger partial charge in [-0.05, 0) is 75.5 Å². The van der Waals surface area contributed by atoms with E-state index in [2.05, 4.69) is 39.0 Å². The molecule has 0 spiro atoms. The molecule has 212 valence electrons. The molecule has 2 N–H and O–H groups in total. The molecule has 0 radical (unpaired) electrons. The molecule has 0 saturated carbocycles. The lowest BCUT2D eigenvalue weighted by Crippen LogP contribution is -2.37. The Morgan fingerprint density at radius 1 is 1.23 bits per heavy atom. The first-order valence-corrected chi connectivity index (χ1v) is 16.4. The van der Waals surface area contributed by atoms with Crippen LogP contribution in [-0.4, -0.2) is 53.8 Å². The van der Waals surface area contributed by atoms with Gasteiger partial charge in [-0.2, -0.15) is 0 Å². The number of hydrogen-bond acceptors (Lipinski definition) is 7. The summed E-state index contributed by atoms with van der Waals surface area (Å²) < 4.78 is 18.6. The Kier molecular flexibility index (Phi) is 9.67. The van der Waals surface area contributed by atoms with Gasteiger partial charge in [-0.1, -0.05) is 36.7 Å². The Morgan fingerprint density at radius 3 is 2.70 bits per heavy atom. The Hall–Kier alpha value is -3.19. The van der Waals surface area contributed by atoms with E-state index in [1.165, 1.54) is 12.5 Å². The molecule has 3 aromatic rings. The standard InChI is InChI=1S/C30H37ClN5O3P/c1-6-29(37)33-25-15-21(26(39-3)16-22(25)19-36-14-10-9-11-20(36)2)17-28-32-18-23(31)30(35-28)34-24-12-7-8-13-27(24)40(4,5)38/h6-8,12-13,15-16,18,20H,1,9-11,14,17,19H2,2-5H3,(H,33,37)(H,32,34,35). The summed E-state index contributed by atoms with van der Waals surface area (Å²) in [6.07, 6.45) is 6.71. The van der Waals surface area contributed by atoms with Crippen molar-refractivity contribution < 1.29 is 14.1 Å². The second-order valence-corrected chi connectivity index (χ2v) is 14.1. The fourth-order valence-corrected chi connectivity index (χ4v) is 6.25. The number of carbonyl (C=O) groups excluding carboxylic acids is 1. The minimum absolute atomic E-state index is 0.277. The number of nitrogens with one attached hydrogen (secondary N) is 2. The number of carbonyl (C=O) groups is 1. The van der Waals surface area contributed by atoms with Gasteiger partial charge in [-0.25, -0.2) is 9.97 Å². The molecular weight excluding hydrogens is 545 g/mol. The van der Waals surface area contributed by atoms with Crippen molar-refractivity contribution in [2.24, 2.45) is 0 Å². The largest absolute Gasteiger partial charge is 0.496 e. The predicted molar refractivity (Wildman–Crippen MR) is 164 cm³/mol. The highest BCUT2D eigenvalue weighted by molar-refractivity contribution is 7.70. The van der Waals surface area contributed by atoms with Crippen LogP contribution < -0.4 is 20.7 Å². The van der Waals surface area contributed by atoms with E-state index in [1.807, 2.05) is 36.4 Å². The number of anilines is 3. The molecule has 1 atom stereocenters. The number of rotatable bonds is 10. The quantitative estimate of drug-likeness (QED) is 0.217. The van der Waals surface area contributed by atoms with Crippen LogP contribution in [0, 0.1) is 0 Å². The lowest BCUT2D eigenvalue weighted by molar-refractivity contribution is -0.111. The van der Waals surface area contributed by atoms with E-state index < -0.39 is 7.14 Å². The molecule has 1 amide bonds. The Balaban J connectivity index is 1.66. The van der Waals surface area contributed by atoms with Gasteiger partial charge in [0.1, 0.15) is 23.7 Å². The average molecular weight is 582 g/mol. The van der Waals surface area contributed by atoms with Gasteiger partial charge in [0.25, 0.3) is 0 Å². The van der Waals surface area contributed by atoms with Gasteiger partial charge in [0.05, 0.1) is 19.0 Å². The Bertz CT molecular complexity index is 1440. The first kappa shape index (κ1) is 29.8. The molecule has 1 fully saturated rings. The highest BCUT2D eigenvalue weighted by Crippen LogP contribution is 2.39. The number of amides is 1. The maximum atomic E-state index is 12.8. The molecule has 1 aliphatic rings. The summed E-state index contributed by atoms with van der Waals surface area (Å²) in [5.41, 5.74) is 3.19. The van der Waals surface area contributed by atoms with Gasteiger partial charge < -0.3 is 19.9 Å². The van der Waals surface area contributed by atoms with Crippen molar-refractivity contribution in [1.29, 1.82) is 0 Å². The minimum Gasteiger partial charge on any atom is -0.496 e. The number of benzene rings is 2. The molecule has 1 aromatic heterocycles. The van der Waals surface area contributed by atoms with Gasteiger partial charge in [-0.3, -0.25) is 9.69 Å². The van der Waals surface area contributed by atoms with Crippen LogP contribution in [0.2, 0.25) is 5.02 Å². The van der Waals surface area contributed by atoms with E-state index in [4.69, 9.17) is 16.3 Å². The zero-order valence-electron chi connectivity index (χ0n) is 23.5. The van der Waals surface area contributed by atoms with Gasteiger partial charge in [0.2, 0.25) is 5.91 Å². The van der Waals surface area contributed by atoms with Crippen LogP contribution >= 0.6 is 18.7 Å². The third-order valence-electron chi connectivity index (χ3n) is 7.14. The van der Waals surface area contributed by atoms with Gasteiger partial charge >= 0.3 is 0 Å². The normalized spacial score (nSPS) is 15.9. The summed E-state index contributed by atoms with van der Waals surface area (Å²) in [6, 6.07) is 11.8. The molecule has 2 heterocycles. The maximum absolute atomic E-state index is 12.8. The van der Waals surface area contributed by atoms with Crippen LogP contribution in [0.25, 0.3) is 0 Å². The third-order valence-corrected chi connectivity index (χ3v) is 8.97. The topological polar surface area (TPSA) is 96.5 Å². The minimum atomic E-state index is -2.54. The number of nitrogens with zero attached hydrogens (tertiary/aromatic N) is 3. The van der Waals surface area contributed by atoms with Crippen LogP contribution in [0.4, 0.5) is 17.2 Å². The van der Waals surface area contributed by atoms with Crippen LogP contribution in [0.3, 0.4) is 0 Å². The fourth-order valence-electron chi connectivity index (χ4n) is 4.96. The molecule has 8 nitrogen and oxygen atoms in total. The van der Waals surface area contributed by atoms with Crippen LogP contribution in [0.1, 0.15) is 43.1 Å². The van der Waals surface area contributed by atoms with Crippen molar-refractivity contribution >= 4 is 47.1 Å². The highest BCUT2D eigenvalue weighted by Gasteiger charge is 2.22. The number of ether oxygens (including phenoxy) is 1. The highest BCUT2D eigenvalue weighted by atomic mass is 35.5. The molecule has 0 aliphatic carbocycles. The van der Waals surface area contributed by atoms with Crippen molar-refractivity contribution in [3.8, 4) is 5.75 Å². The van der Waals surface area contributed by atoms with E-state index >= 15 is 0 Å². The Morgan fingerprint density at radius 2 is 2.00 bits per heavy atom. The molecule has 2 aromatic carbocycles. The summed E-state index contributed by atoms with van der Waals surface area (Å²) in [6.45, 7) is 11.0. The summed E-state index contributed by atoms with van der Waals surface area (Å²) in [7, 11) is -0.904. The smallest absolute Gasteiger partial charge is 0.247 e. The zero-order valence-corrected chi connectivity index (χ0v) is 25.2. The van der Waals surface area contributed by atoms with Crippen molar-refractivity contribution in [1.82, 2.24) is 14.9 Å². The van der Waals surface area contributed by atoms with E-state index in [9.17, 15) is 9.36 Å². The van der Waals surface area contributed by atoms with Gasteiger partial charge in [-0.15, -0.1) is 0 Å². The average Bonchev–Trinajstić information content (AvgIpc) is 2.92. The monoisotopic (exact) mass is 581 g/mol. The second kappa shape index (κ2) is 13.0. The van der Waals surface area contributed by atoms with Crippen LogP contribution in [0.5, 0.6) is 5.75 Å². The fraction of sp³-hybridized carbons (Fsp3) is 0.367. The van der Waals surface area contributed by atoms with Crippen LogP contribution in [0.15, 0.2) is 55.3 Å². The first-order valence-electron chi connectivity index (χ1n) is 13.4. The molecular formula is C30H37ClN5O3P. The zero-order chi connectivity index (χ0) is 28.9. The lowest BCUT2D eigenvalue weighted by Gasteiger charge is -2.34. The SMILES string of the molecule is C=CC(=O)Nc1cc(Cc2ncc(Cl)c(Nc3ccccc3P(C)(C)=O)n2)c(OC)cc1CN1CCCCC1C. The molecule has 0 bridgehead atoms.